The van der Waals surface area contributed by atoms with Gasteiger partial charge in [-0.1, -0.05) is 63.9 Å². The van der Waals surface area contributed by atoms with Crippen molar-refractivity contribution in [2.45, 2.75) is 0 Å². The van der Waals surface area contributed by atoms with Crippen LogP contribution in [0.15, 0.2) is 70.1 Å². The predicted octanol–water partition coefficient (Wildman–Crippen LogP) is 5.77. The second-order valence-electron chi connectivity index (χ2n) is 5.55. The lowest BCUT2D eigenvalue weighted by atomic mass is 10.2. The van der Waals surface area contributed by atoms with Crippen molar-refractivity contribution in [3.05, 3.63) is 80.6 Å². The first-order valence-electron chi connectivity index (χ1n) is 8.09. The third kappa shape index (κ3) is 5.25. The molecule has 138 valence electrons. The van der Waals surface area contributed by atoms with Crippen LogP contribution >= 0.6 is 39.3 Å². The molecule has 0 bridgehead atoms. The summed E-state index contributed by atoms with van der Waals surface area (Å²) in [5.74, 6) is 0.215. The summed E-state index contributed by atoms with van der Waals surface area (Å²) in [6, 6.07) is 14.8. The average molecular weight is 465 g/mol. The Labute approximate surface area is 175 Å². The van der Waals surface area contributed by atoms with Crippen LogP contribution in [0.25, 0.3) is 6.08 Å². The van der Waals surface area contributed by atoms with E-state index in [0.717, 1.165) is 21.8 Å². The van der Waals surface area contributed by atoms with Crippen LogP contribution in [0.1, 0.15) is 5.56 Å². The molecule has 4 nitrogen and oxygen atoms in total. The summed E-state index contributed by atoms with van der Waals surface area (Å²) in [6.45, 7) is 0.355. The Bertz CT molecular complexity index is 912. The first kappa shape index (κ1) is 19.7. The van der Waals surface area contributed by atoms with Crippen molar-refractivity contribution in [1.29, 1.82) is 0 Å². The summed E-state index contributed by atoms with van der Waals surface area (Å²) in [4.78, 5) is 26.1. The minimum Gasteiger partial charge on any atom is -0.490 e. The van der Waals surface area contributed by atoms with E-state index in [2.05, 4.69) is 15.9 Å². The average Bonchev–Trinajstić information content (AvgIpc) is 2.92. The maximum atomic E-state index is 12.4. The molecule has 1 aliphatic heterocycles. The number of hydrogen-bond acceptors (Lipinski definition) is 4. The van der Waals surface area contributed by atoms with E-state index in [1.807, 2.05) is 36.4 Å². The number of amides is 2. The van der Waals surface area contributed by atoms with Crippen LogP contribution in [-0.4, -0.2) is 29.2 Å². The molecule has 1 saturated heterocycles. The Morgan fingerprint density at radius 2 is 1.85 bits per heavy atom. The van der Waals surface area contributed by atoms with Crippen LogP contribution in [0, 0.1) is 0 Å². The van der Waals surface area contributed by atoms with E-state index in [1.165, 1.54) is 4.90 Å². The van der Waals surface area contributed by atoms with Crippen molar-refractivity contribution >= 4 is 56.5 Å². The van der Waals surface area contributed by atoms with Crippen molar-refractivity contribution in [3.63, 3.8) is 0 Å². The Morgan fingerprint density at radius 3 is 2.59 bits per heavy atom. The number of imide groups is 1. The summed E-state index contributed by atoms with van der Waals surface area (Å²) >= 11 is 10.3. The highest BCUT2D eigenvalue weighted by Gasteiger charge is 2.34. The molecule has 0 atom stereocenters. The van der Waals surface area contributed by atoms with Gasteiger partial charge in [-0.3, -0.25) is 14.5 Å². The molecule has 2 aromatic carbocycles. The fraction of sp³-hybridized carbons (Fsp3) is 0.100. The molecule has 0 aromatic heterocycles. The number of rotatable bonds is 6. The van der Waals surface area contributed by atoms with Crippen molar-refractivity contribution in [3.8, 4) is 5.75 Å². The van der Waals surface area contributed by atoms with Gasteiger partial charge in [-0.15, -0.1) is 0 Å². The lowest BCUT2D eigenvalue weighted by Crippen LogP contribution is -2.32. The first-order valence-corrected chi connectivity index (χ1v) is 10.1. The number of allylic oxidation sites excluding steroid dienone is 2. The predicted molar refractivity (Wildman–Crippen MR) is 113 cm³/mol. The van der Waals surface area contributed by atoms with E-state index < -0.39 is 0 Å². The zero-order valence-electron chi connectivity index (χ0n) is 14.1. The normalized spacial score (nSPS) is 15.9. The van der Waals surface area contributed by atoms with Crippen molar-refractivity contribution < 1.29 is 14.3 Å². The largest absolute Gasteiger partial charge is 0.490 e. The van der Waals surface area contributed by atoms with Gasteiger partial charge in [0.25, 0.3) is 11.1 Å². The highest BCUT2D eigenvalue weighted by molar-refractivity contribution is 9.10. The van der Waals surface area contributed by atoms with Gasteiger partial charge in [0.15, 0.2) is 0 Å². The SMILES string of the molecule is O=C1S/C(=C\C=C\c2ccc(Br)cc2)C(=O)N1CCOc1ccccc1Cl. The van der Waals surface area contributed by atoms with Gasteiger partial charge in [0, 0.05) is 4.47 Å². The van der Waals surface area contributed by atoms with Gasteiger partial charge in [0.1, 0.15) is 12.4 Å². The first-order chi connectivity index (χ1) is 13.0. The molecule has 2 aromatic rings. The summed E-state index contributed by atoms with van der Waals surface area (Å²) in [6.07, 6.45) is 5.29. The second kappa shape index (κ2) is 9.26. The molecule has 0 N–H and O–H groups in total. The minimum absolute atomic E-state index is 0.170. The van der Waals surface area contributed by atoms with Gasteiger partial charge in [0.05, 0.1) is 16.5 Å². The lowest BCUT2D eigenvalue weighted by Gasteiger charge is -2.13. The maximum absolute atomic E-state index is 12.4. The van der Waals surface area contributed by atoms with Gasteiger partial charge in [-0.05, 0) is 47.7 Å². The van der Waals surface area contributed by atoms with E-state index in [-0.39, 0.29) is 24.3 Å². The van der Waals surface area contributed by atoms with Crippen LogP contribution < -0.4 is 4.74 Å². The molecule has 0 aliphatic carbocycles. The zero-order chi connectivity index (χ0) is 19.2. The molecular formula is C20H15BrClNO3S. The van der Waals surface area contributed by atoms with E-state index in [0.29, 0.717) is 15.7 Å². The van der Waals surface area contributed by atoms with Crippen molar-refractivity contribution in [2.24, 2.45) is 0 Å². The summed E-state index contributed by atoms with van der Waals surface area (Å²) in [7, 11) is 0. The highest BCUT2D eigenvalue weighted by Crippen LogP contribution is 2.30. The highest BCUT2D eigenvalue weighted by atomic mass is 79.9. The number of carbonyl (C=O) groups is 2. The van der Waals surface area contributed by atoms with Gasteiger partial charge >= 0.3 is 0 Å². The summed E-state index contributed by atoms with van der Waals surface area (Å²) in [5, 5.41) is 0.190. The van der Waals surface area contributed by atoms with Gasteiger partial charge in [0.2, 0.25) is 0 Å². The smallest absolute Gasteiger partial charge is 0.293 e. The Morgan fingerprint density at radius 1 is 1.11 bits per heavy atom. The lowest BCUT2D eigenvalue weighted by molar-refractivity contribution is -0.123. The van der Waals surface area contributed by atoms with Gasteiger partial charge < -0.3 is 4.74 Å². The number of halogens is 2. The number of hydrogen-bond donors (Lipinski definition) is 0. The number of thioether (sulfide) groups is 1. The van der Waals surface area contributed by atoms with Crippen LogP contribution in [0.5, 0.6) is 5.75 Å². The topological polar surface area (TPSA) is 46.6 Å². The van der Waals surface area contributed by atoms with E-state index >= 15 is 0 Å². The minimum atomic E-state index is -0.312. The fourth-order valence-corrected chi connectivity index (χ4v) is 3.61. The molecule has 0 unspecified atom stereocenters. The molecule has 0 saturated carbocycles. The standard InChI is InChI=1S/C20H15BrClNO3S/c21-15-10-8-14(9-11-15)4-3-7-18-19(24)23(20(25)27-18)12-13-26-17-6-2-1-5-16(17)22/h1-11H,12-13H2/b4-3+,18-7-. The molecular weight excluding hydrogens is 450 g/mol. The van der Waals surface area contributed by atoms with Crippen LogP contribution in [0.2, 0.25) is 5.02 Å². The quantitative estimate of drug-likeness (QED) is 0.509. The van der Waals surface area contributed by atoms with Crippen molar-refractivity contribution in [2.75, 3.05) is 13.2 Å². The number of benzene rings is 2. The van der Waals surface area contributed by atoms with E-state index in [1.54, 1.807) is 30.4 Å². The third-order valence-electron chi connectivity index (χ3n) is 3.69. The summed E-state index contributed by atoms with van der Waals surface area (Å²) in [5.41, 5.74) is 1.00. The molecule has 0 radical (unpaired) electrons. The molecule has 27 heavy (non-hydrogen) atoms. The van der Waals surface area contributed by atoms with E-state index in [4.69, 9.17) is 16.3 Å². The van der Waals surface area contributed by atoms with Gasteiger partial charge in [-0.25, -0.2) is 0 Å². The zero-order valence-corrected chi connectivity index (χ0v) is 17.3. The number of ether oxygens (including phenoxy) is 1. The number of para-hydroxylation sites is 1. The van der Waals surface area contributed by atoms with E-state index in [9.17, 15) is 9.59 Å². The summed E-state index contributed by atoms with van der Waals surface area (Å²) < 4.78 is 6.55. The molecule has 7 heteroatoms. The monoisotopic (exact) mass is 463 g/mol. The fourth-order valence-electron chi connectivity index (χ4n) is 2.34. The molecule has 3 rings (SSSR count). The number of nitrogens with zero attached hydrogens (tertiary/aromatic N) is 1. The molecule has 0 spiro atoms. The van der Waals surface area contributed by atoms with Crippen LogP contribution in [0.4, 0.5) is 4.79 Å². The Balaban J connectivity index is 1.57. The van der Waals surface area contributed by atoms with Gasteiger partial charge in [-0.2, -0.15) is 0 Å². The maximum Gasteiger partial charge on any atom is 0.293 e. The molecule has 1 heterocycles. The van der Waals surface area contributed by atoms with Crippen LogP contribution in [0.3, 0.4) is 0 Å². The van der Waals surface area contributed by atoms with Crippen molar-refractivity contribution in [1.82, 2.24) is 4.90 Å². The number of carbonyl (C=O) groups excluding carboxylic acids is 2. The molecule has 1 fully saturated rings. The Hall–Kier alpha value is -2.02. The Kier molecular flexibility index (Phi) is 6.77. The third-order valence-corrected chi connectivity index (χ3v) is 5.46. The van der Waals surface area contributed by atoms with Crippen LogP contribution in [-0.2, 0) is 4.79 Å². The second-order valence-corrected chi connectivity index (χ2v) is 7.86. The molecule has 2 amide bonds. The molecule has 1 aliphatic rings.